The molecule has 5 nitrogen and oxygen atoms in total. The van der Waals surface area contributed by atoms with Gasteiger partial charge in [-0.1, -0.05) is 69.5 Å². The number of carbonyl (C=O) groups excluding carboxylic acids is 1. The number of halogens is 6. The van der Waals surface area contributed by atoms with Crippen LogP contribution in [0.2, 0.25) is 0 Å². The average Bonchev–Trinajstić information content (AvgIpc) is 3.01. The quantitative estimate of drug-likeness (QED) is 0.0649. The smallest absolute Gasteiger partial charge is 0.349 e. The van der Waals surface area contributed by atoms with Crippen LogP contribution in [0, 0.1) is 40.3 Å². The molecule has 5 rings (SSSR count). The first kappa shape index (κ1) is 33.2. The van der Waals surface area contributed by atoms with E-state index in [1.807, 2.05) is 0 Å². The van der Waals surface area contributed by atoms with Crippen LogP contribution in [0.4, 0.5) is 26.3 Å². The van der Waals surface area contributed by atoms with Gasteiger partial charge in [0.1, 0.15) is 28.8 Å². The van der Waals surface area contributed by atoms with Crippen LogP contribution < -0.4 is 4.74 Å². The number of unbranched alkanes of at least 4 members (excludes halogenated alkanes) is 2. The van der Waals surface area contributed by atoms with E-state index in [0.29, 0.717) is 54.2 Å². The lowest BCUT2D eigenvalue weighted by Crippen LogP contribution is -2.46. The standard InChI is InChI=1S/C35H30F6O5/c1-3-4-5-12-34(2)18-44-35(43,45-19-34)23-9-6-20(7-10-23)21-8-11-25(26(36)13-21)22-14-27(37)31(28(38)15-22)33(42)46-24-16-29(39)32(41)30(40)17-24/h6-11,13-17,43H,3-5,12,18-19H2,1-2H3. The number of ether oxygens (including phenoxy) is 3. The minimum absolute atomic E-state index is 0.180. The van der Waals surface area contributed by atoms with E-state index >= 15 is 4.39 Å². The monoisotopic (exact) mass is 644 g/mol. The van der Waals surface area contributed by atoms with E-state index in [1.54, 1.807) is 24.3 Å². The van der Waals surface area contributed by atoms with Crippen molar-refractivity contribution in [3.05, 3.63) is 113 Å². The van der Waals surface area contributed by atoms with Crippen molar-refractivity contribution in [2.24, 2.45) is 5.41 Å². The third-order valence-corrected chi connectivity index (χ3v) is 7.89. The van der Waals surface area contributed by atoms with Crippen molar-refractivity contribution >= 4 is 5.97 Å². The summed E-state index contributed by atoms with van der Waals surface area (Å²) in [5, 5.41) is 11.0. The van der Waals surface area contributed by atoms with Crippen molar-refractivity contribution in [3.63, 3.8) is 0 Å². The number of aliphatic hydroxyl groups is 1. The SMILES string of the molecule is CCCCCC1(C)COC(O)(c2ccc(-c3ccc(-c4cc(F)c(C(=O)Oc5cc(F)c(F)c(F)c5)c(F)c4)c(F)c3)cc2)OC1. The molecule has 4 aromatic rings. The summed E-state index contributed by atoms with van der Waals surface area (Å²) >= 11 is 0. The highest BCUT2D eigenvalue weighted by atomic mass is 19.2. The molecule has 0 aliphatic carbocycles. The fourth-order valence-corrected chi connectivity index (χ4v) is 5.22. The lowest BCUT2D eigenvalue weighted by Gasteiger charge is -2.42. The van der Waals surface area contributed by atoms with E-state index in [4.69, 9.17) is 9.47 Å². The molecule has 1 saturated heterocycles. The van der Waals surface area contributed by atoms with Crippen LogP contribution in [0.5, 0.6) is 5.75 Å². The number of hydrogen-bond donors (Lipinski definition) is 1. The molecule has 1 aliphatic rings. The molecule has 0 bridgehead atoms. The average molecular weight is 645 g/mol. The Morgan fingerprint density at radius 3 is 1.89 bits per heavy atom. The summed E-state index contributed by atoms with van der Waals surface area (Å²) in [5.74, 6) is -13.2. The van der Waals surface area contributed by atoms with Crippen molar-refractivity contribution in [3.8, 4) is 28.0 Å². The summed E-state index contributed by atoms with van der Waals surface area (Å²) in [6, 6.07) is 12.5. The molecule has 1 N–H and O–H groups in total. The van der Waals surface area contributed by atoms with E-state index in [2.05, 4.69) is 18.6 Å². The molecule has 0 atom stereocenters. The molecule has 0 amide bonds. The molecule has 242 valence electrons. The molecule has 0 saturated carbocycles. The molecule has 1 fully saturated rings. The van der Waals surface area contributed by atoms with E-state index in [0.717, 1.165) is 31.7 Å². The van der Waals surface area contributed by atoms with E-state index in [1.165, 1.54) is 12.1 Å². The summed E-state index contributed by atoms with van der Waals surface area (Å²) in [6.07, 6.45) is 4.15. The lowest BCUT2D eigenvalue weighted by molar-refractivity contribution is -0.414. The molecule has 0 unspecified atom stereocenters. The minimum atomic E-state index is -1.92. The Morgan fingerprint density at radius 2 is 1.33 bits per heavy atom. The predicted octanol–water partition coefficient (Wildman–Crippen LogP) is 8.81. The summed E-state index contributed by atoms with van der Waals surface area (Å²) < 4.78 is 101. The Kier molecular flexibility index (Phi) is 9.57. The number of esters is 1. The molecule has 1 heterocycles. The first-order valence-corrected chi connectivity index (χ1v) is 14.6. The zero-order valence-electron chi connectivity index (χ0n) is 24.9. The van der Waals surface area contributed by atoms with Crippen LogP contribution >= 0.6 is 0 Å². The summed E-state index contributed by atoms with van der Waals surface area (Å²) in [6.45, 7) is 4.82. The molecule has 4 aromatic carbocycles. The second-order valence-corrected chi connectivity index (χ2v) is 11.6. The van der Waals surface area contributed by atoms with E-state index in [-0.39, 0.29) is 16.5 Å². The van der Waals surface area contributed by atoms with Crippen LogP contribution in [0.3, 0.4) is 0 Å². The van der Waals surface area contributed by atoms with E-state index in [9.17, 15) is 31.9 Å². The first-order valence-electron chi connectivity index (χ1n) is 14.6. The van der Waals surface area contributed by atoms with Crippen molar-refractivity contribution < 1.29 is 50.5 Å². The van der Waals surface area contributed by atoms with Gasteiger partial charge in [0.05, 0.1) is 13.2 Å². The fourth-order valence-electron chi connectivity index (χ4n) is 5.22. The van der Waals surface area contributed by atoms with Gasteiger partial charge in [0.15, 0.2) is 17.5 Å². The van der Waals surface area contributed by atoms with Gasteiger partial charge < -0.3 is 19.3 Å². The number of rotatable bonds is 9. The van der Waals surface area contributed by atoms with Crippen molar-refractivity contribution in [1.29, 1.82) is 0 Å². The van der Waals surface area contributed by atoms with Crippen molar-refractivity contribution in [2.45, 2.75) is 45.5 Å². The number of carbonyl (C=O) groups is 1. The topological polar surface area (TPSA) is 65.0 Å². The third kappa shape index (κ3) is 6.96. The molecule has 1 aliphatic heterocycles. The van der Waals surface area contributed by atoms with Gasteiger partial charge in [0, 0.05) is 28.7 Å². The molecular formula is C35H30F6O5. The highest BCUT2D eigenvalue weighted by Crippen LogP contribution is 2.38. The normalized spacial score (nSPS) is 19.7. The Morgan fingerprint density at radius 1 is 0.761 bits per heavy atom. The molecule has 0 spiro atoms. The van der Waals surface area contributed by atoms with Gasteiger partial charge in [-0.15, -0.1) is 0 Å². The minimum Gasteiger partial charge on any atom is -0.423 e. The molecule has 46 heavy (non-hydrogen) atoms. The van der Waals surface area contributed by atoms with Gasteiger partial charge in [0.2, 0.25) is 0 Å². The van der Waals surface area contributed by atoms with Crippen molar-refractivity contribution in [1.82, 2.24) is 0 Å². The third-order valence-electron chi connectivity index (χ3n) is 7.89. The molecule has 0 aromatic heterocycles. The number of benzene rings is 4. The Bertz CT molecular complexity index is 1700. The molecule has 0 radical (unpaired) electrons. The summed E-state index contributed by atoms with van der Waals surface area (Å²) in [7, 11) is 0. The van der Waals surface area contributed by atoms with Crippen LogP contribution in [0.25, 0.3) is 22.3 Å². The second kappa shape index (κ2) is 13.3. The molecular weight excluding hydrogens is 614 g/mol. The highest BCUT2D eigenvalue weighted by Gasteiger charge is 2.42. The maximum atomic E-state index is 15.2. The van der Waals surface area contributed by atoms with Gasteiger partial charge >= 0.3 is 11.9 Å². The van der Waals surface area contributed by atoms with E-state index < -0.39 is 58.2 Å². The van der Waals surface area contributed by atoms with Gasteiger partial charge in [-0.3, -0.25) is 0 Å². The maximum Gasteiger partial charge on any atom is 0.349 e. The Hall–Kier alpha value is -4.19. The maximum absolute atomic E-state index is 15.2. The van der Waals surface area contributed by atoms with Crippen LogP contribution in [0.15, 0.2) is 66.7 Å². The zero-order chi connectivity index (χ0) is 33.2. The van der Waals surface area contributed by atoms with Crippen LogP contribution in [-0.4, -0.2) is 24.3 Å². The fraction of sp³-hybridized carbons (Fsp3) is 0.286. The van der Waals surface area contributed by atoms with Gasteiger partial charge in [-0.2, -0.15) is 0 Å². The van der Waals surface area contributed by atoms with Crippen LogP contribution in [0.1, 0.15) is 55.5 Å². The van der Waals surface area contributed by atoms with Gasteiger partial charge in [0.25, 0.3) is 0 Å². The van der Waals surface area contributed by atoms with Gasteiger partial charge in [-0.05, 0) is 41.3 Å². The predicted molar refractivity (Wildman–Crippen MR) is 157 cm³/mol. The van der Waals surface area contributed by atoms with Crippen LogP contribution in [-0.2, 0) is 15.4 Å². The zero-order valence-corrected chi connectivity index (χ0v) is 24.9. The van der Waals surface area contributed by atoms with Crippen molar-refractivity contribution in [2.75, 3.05) is 13.2 Å². The summed E-state index contributed by atoms with van der Waals surface area (Å²) in [5.41, 5.74) is -0.457. The van der Waals surface area contributed by atoms with Gasteiger partial charge in [-0.25, -0.2) is 31.1 Å². The molecule has 11 heteroatoms. The number of hydrogen-bond acceptors (Lipinski definition) is 5. The first-order chi connectivity index (χ1) is 21.8. The largest absolute Gasteiger partial charge is 0.423 e. The summed E-state index contributed by atoms with van der Waals surface area (Å²) in [4.78, 5) is 12.4. The lowest BCUT2D eigenvalue weighted by atomic mass is 9.85. The highest BCUT2D eigenvalue weighted by molar-refractivity contribution is 5.92. The Balaban J connectivity index is 1.30. The Labute approximate surface area is 261 Å². The second-order valence-electron chi connectivity index (χ2n) is 11.6.